The van der Waals surface area contributed by atoms with Gasteiger partial charge in [0.2, 0.25) is 10.0 Å². The van der Waals surface area contributed by atoms with E-state index in [1.54, 1.807) is 19.2 Å². The van der Waals surface area contributed by atoms with Crippen LogP contribution in [0.2, 0.25) is 0 Å². The van der Waals surface area contributed by atoms with Crippen molar-refractivity contribution >= 4 is 10.0 Å². The molecular weight excluding hydrogens is 452 g/mol. The van der Waals surface area contributed by atoms with E-state index >= 15 is 0 Å². The van der Waals surface area contributed by atoms with Crippen molar-refractivity contribution in [3.63, 3.8) is 0 Å². The molecule has 1 fully saturated rings. The SMILES string of the molecule is COc1ccccc1CCNS(=O)(=O)[C@H]1CON(C)[C@@H]1c1cccc(OCc2ccccc2)c1. The van der Waals surface area contributed by atoms with E-state index in [4.69, 9.17) is 14.3 Å². The van der Waals surface area contributed by atoms with Crippen LogP contribution in [0.5, 0.6) is 11.5 Å². The molecule has 34 heavy (non-hydrogen) atoms. The number of nitrogens with one attached hydrogen (secondary N) is 1. The summed E-state index contributed by atoms with van der Waals surface area (Å²) in [6, 6.07) is 24.6. The molecule has 0 aliphatic carbocycles. The third-order valence-corrected chi connectivity index (χ3v) is 7.72. The fourth-order valence-corrected chi connectivity index (χ4v) is 5.66. The Morgan fingerprint density at radius 1 is 1.03 bits per heavy atom. The average molecular weight is 483 g/mol. The van der Waals surface area contributed by atoms with Crippen LogP contribution in [0.25, 0.3) is 0 Å². The first kappa shape index (κ1) is 24.2. The van der Waals surface area contributed by atoms with E-state index in [2.05, 4.69) is 4.72 Å². The van der Waals surface area contributed by atoms with E-state index in [1.165, 1.54) is 0 Å². The van der Waals surface area contributed by atoms with Crippen molar-refractivity contribution < 1.29 is 22.7 Å². The van der Waals surface area contributed by atoms with Crippen LogP contribution in [0.15, 0.2) is 78.9 Å². The standard InChI is InChI=1S/C26H30N2O5S/c1-28-26(22-12-8-13-23(17-22)32-18-20-9-4-3-5-10-20)25(19-33-28)34(29,30)27-16-15-21-11-6-7-14-24(21)31-2/h3-14,17,25-27H,15-16,18-19H2,1-2H3/t25-,26+/m0/s1. The quantitative estimate of drug-likeness (QED) is 0.475. The van der Waals surface area contributed by atoms with E-state index in [1.807, 2.05) is 78.9 Å². The third kappa shape index (κ3) is 5.77. The molecule has 0 radical (unpaired) electrons. The molecular formula is C26H30N2O5S. The van der Waals surface area contributed by atoms with Gasteiger partial charge in [0, 0.05) is 13.6 Å². The first-order chi connectivity index (χ1) is 16.5. The molecule has 1 aliphatic heterocycles. The topological polar surface area (TPSA) is 77.1 Å². The second-order valence-electron chi connectivity index (χ2n) is 8.17. The molecule has 0 saturated carbocycles. The van der Waals surface area contributed by atoms with Gasteiger partial charge in [0.1, 0.15) is 23.4 Å². The number of hydroxylamine groups is 2. The summed E-state index contributed by atoms with van der Waals surface area (Å²) in [5, 5.41) is 0.861. The molecule has 4 rings (SSSR count). The van der Waals surface area contributed by atoms with Gasteiger partial charge in [-0.05, 0) is 41.3 Å². The molecule has 0 amide bonds. The summed E-state index contributed by atoms with van der Waals surface area (Å²) < 4.78 is 40.5. The minimum atomic E-state index is -3.65. The summed E-state index contributed by atoms with van der Waals surface area (Å²) in [5.41, 5.74) is 2.84. The lowest BCUT2D eigenvalue weighted by atomic mass is 10.0. The Morgan fingerprint density at radius 2 is 1.79 bits per heavy atom. The molecule has 1 saturated heterocycles. The number of ether oxygens (including phenoxy) is 2. The molecule has 0 aromatic heterocycles. The van der Waals surface area contributed by atoms with Crippen LogP contribution in [0.1, 0.15) is 22.7 Å². The molecule has 2 atom stereocenters. The van der Waals surface area contributed by atoms with Gasteiger partial charge >= 0.3 is 0 Å². The van der Waals surface area contributed by atoms with Crippen LogP contribution >= 0.6 is 0 Å². The molecule has 180 valence electrons. The normalized spacial score (nSPS) is 18.6. The predicted octanol–water partition coefficient (Wildman–Crippen LogP) is 3.72. The molecule has 7 nitrogen and oxygen atoms in total. The summed E-state index contributed by atoms with van der Waals surface area (Å²) in [4.78, 5) is 5.64. The van der Waals surface area contributed by atoms with E-state index in [9.17, 15) is 8.42 Å². The Labute approximate surface area is 201 Å². The summed E-state index contributed by atoms with van der Waals surface area (Å²) in [6.07, 6.45) is 0.528. The third-order valence-electron chi connectivity index (χ3n) is 5.92. The zero-order chi connectivity index (χ0) is 24.0. The lowest BCUT2D eigenvalue weighted by Crippen LogP contribution is -2.40. The number of hydrogen-bond donors (Lipinski definition) is 1. The van der Waals surface area contributed by atoms with Gasteiger partial charge in [-0.1, -0.05) is 60.7 Å². The number of rotatable bonds is 10. The van der Waals surface area contributed by atoms with Gasteiger partial charge in [0.25, 0.3) is 0 Å². The number of nitrogens with zero attached hydrogens (tertiary/aromatic N) is 1. The zero-order valence-electron chi connectivity index (χ0n) is 19.4. The van der Waals surface area contributed by atoms with E-state index in [0.29, 0.717) is 18.8 Å². The fraction of sp³-hybridized carbons (Fsp3) is 0.308. The summed E-state index contributed by atoms with van der Waals surface area (Å²) in [7, 11) is -0.282. The Bertz CT molecular complexity index is 1190. The first-order valence-corrected chi connectivity index (χ1v) is 12.8. The lowest BCUT2D eigenvalue weighted by Gasteiger charge is -2.23. The maximum Gasteiger partial charge on any atom is 0.218 e. The molecule has 0 unspecified atom stereocenters. The highest BCUT2D eigenvalue weighted by molar-refractivity contribution is 7.90. The minimum absolute atomic E-state index is 0.0836. The highest BCUT2D eigenvalue weighted by Gasteiger charge is 2.43. The van der Waals surface area contributed by atoms with E-state index in [0.717, 1.165) is 22.4 Å². The van der Waals surface area contributed by atoms with Crippen LogP contribution in [-0.4, -0.2) is 46.0 Å². The molecule has 3 aromatic carbocycles. The summed E-state index contributed by atoms with van der Waals surface area (Å²) in [5.74, 6) is 1.43. The molecule has 1 N–H and O–H groups in total. The van der Waals surface area contributed by atoms with Crippen molar-refractivity contribution in [2.45, 2.75) is 24.3 Å². The van der Waals surface area contributed by atoms with Crippen molar-refractivity contribution in [1.29, 1.82) is 0 Å². The van der Waals surface area contributed by atoms with Crippen molar-refractivity contribution in [1.82, 2.24) is 9.79 Å². The highest BCUT2D eigenvalue weighted by atomic mass is 32.2. The van der Waals surface area contributed by atoms with Gasteiger partial charge in [-0.15, -0.1) is 0 Å². The summed E-state index contributed by atoms with van der Waals surface area (Å²) >= 11 is 0. The Balaban J connectivity index is 1.44. The van der Waals surface area contributed by atoms with Crippen LogP contribution in [0.3, 0.4) is 0 Å². The van der Waals surface area contributed by atoms with Crippen molar-refractivity contribution in [2.75, 3.05) is 27.3 Å². The fourth-order valence-electron chi connectivity index (χ4n) is 4.15. The second kappa shape index (κ2) is 11.0. The van der Waals surface area contributed by atoms with E-state index < -0.39 is 21.3 Å². The number of hydrogen-bond acceptors (Lipinski definition) is 6. The van der Waals surface area contributed by atoms with Gasteiger partial charge in [0.05, 0.1) is 19.8 Å². The molecule has 0 bridgehead atoms. The minimum Gasteiger partial charge on any atom is -0.496 e. The molecule has 3 aromatic rings. The van der Waals surface area contributed by atoms with Crippen LogP contribution in [0, 0.1) is 0 Å². The largest absolute Gasteiger partial charge is 0.496 e. The van der Waals surface area contributed by atoms with Crippen molar-refractivity contribution in [3.8, 4) is 11.5 Å². The van der Waals surface area contributed by atoms with Gasteiger partial charge < -0.3 is 9.47 Å². The zero-order valence-corrected chi connectivity index (χ0v) is 20.2. The second-order valence-corrected chi connectivity index (χ2v) is 10.2. The van der Waals surface area contributed by atoms with Crippen LogP contribution < -0.4 is 14.2 Å². The van der Waals surface area contributed by atoms with Gasteiger partial charge in [-0.25, -0.2) is 13.1 Å². The lowest BCUT2D eigenvalue weighted by molar-refractivity contribution is -0.110. The van der Waals surface area contributed by atoms with Crippen molar-refractivity contribution in [3.05, 3.63) is 95.6 Å². The van der Waals surface area contributed by atoms with Gasteiger partial charge in [-0.2, -0.15) is 5.06 Å². The van der Waals surface area contributed by atoms with Gasteiger partial charge in [-0.3, -0.25) is 4.84 Å². The number of sulfonamides is 1. The maximum absolute atomic E-state index is 13.2. The predicted molar refractivity (Wildman–Crippen MR) is 131 cm³/mol. The monoisotopic (exact) mass is 482 g/mol. The van der Waals surface area contributed by atoms with Gasteiger partial charge in [0.15, 0.2) is 0 Å². The van der Waals surface area contributed by atoms with Crippen molar-refractivity contribution in [2.24, 2.45) is 0 Å². The maximum atomic E-state index is 13.2. The highest BCUT2D eigenvalue weighted by Crippen LogP contribution is 2.34. The molecule has 0 spiro atoms. The summed E-state index contributed by atoms with van der Waals surface area (Å²) in [6.45, 7) is 0.795. The Hall–Kier alpha value is -2.91. The Kier molecular flexibility index (Phi) is 7.84. The van der Waals surface area contributed by atoms with Crippen LogP contribution in [0.4, 0.5) is 0 Å². The average Bonchev–Trinajstić information content (AvgIpc) is 3.26. The molecule has 1 heterocycles. The number of benzene rings is 3. The smallest absolute Gasteiger partial charge is 0.218 e. The Morgan fingerprint density at radius 3 is 2.59 bits per heavy atom. The molecule has 8 heteroatoms. The van der Waals surface area contributed by atoms with Crippen LogP contribution in [-0.2, 0) is 27.9 Å². The molecule has 1 aliphatic rings. The number of para-hydroxylation sites is 1. The first-order valence-electron chi connectivity index (χ1n) is 11.2. The van der Waals surface area contributed by atoms with E-state index in [-0.39, 0.29) is 13.2 Å². The number of methoxy groups -OCH3 is 1.